The van der Waals surface area contributed by atoms with Gasteiger partial charge in [-0.15, -0.1) is 0 Å². The van der Waals surface area contributed by atoms with Gasteiger partial charge in [0, 0.05) is 32.2 Å². The van der Waals surface area contributed by atoms with E-state index in [4.69, 9.17) is 0 Å². The van der Waals surface area contributed by atoms with E-state index in [1.54, 1.807) is 0 Å². The Morgan fingerprint density at radius 2 is 2.00 bits per heavy atom. The van der Waals surface area contributed by atoms with Crippen LogP contribution in [0.2, 0.25) is 0 Å². The molecular weight excluding hydrogens is 260 g/mol. The number of hydrogen-bond acceptors (Lipinski definition) is 3. The van der Waals surface area contributed by atoms with Crippen LogP contribution in [0, 0.1) is 5.41 Å². The van der Waals surface area contributed by atoms with Gasteiger partial charge in [-0.1, -0.05) is 44.2 Å². The topological polar surface area (TPSA) is 35.5 Å². The van der Waals surface area contributed by atoms with Crippen molar-refractivity contribution < 1.29 is 5.11 Å². The van der Waals surface area contributed by atoms with Crippen molar-refractivity contribution in [1.29, 1.82) is 0 Å². The second-order valence-corrected chi connectivity index (χ2v) is 6.74. The lowest BCUT2D eigenvalue weighted by molar-refractivity contribution is 0.123. The number of nitrogens with one attached hydrogen (secondary N) is 1. The summed E-state index contributed by atoms with van der Waals surface area (Å²) in [5.41, 5.74) is 1.59. The van der Waals surface area contributed by atoms with Crippen molar-refractivity contribution in [1.82, 2.24) is 10.2 Å². The highest BCUT2D eigenvalue weighted by Gasteiger charge is 2.29. The molecule has 0 bridgehead atoms. The van der Waals surface area contributed by atoms with Crippen LogP contribution in [-0.4, -0.2) is 42.3 Å². The predicted molar refractivity (Wildman–Crippen MR) is 88.2 cm³/mol. The van der Waals surface area contributed by atoms with Gasteiger partial charge in [0.25, 0.3) is 0 Å². The molecule has 3 heteroatoms. The molecule has 2 rings (SSSR count). The molecule has 0 radical (unpaired) electrons. The van der Waals surface area contributed by atoms with Crippen molar-refractivity contribution in [2.45, 2.75) is 45.7 Å². The Kier molecular flexibility index (Phi) is 6.22. The van der Waals surface area contributed by atoms with Gasteiger partial charge in [-0.3, -0.25) is 4.90 Å². The highest BCUT2D eigenvalue weighted by molar-refractivity contribution is 5.14. The van der Waals surface area contributed by atoms with Crippen LogP contribution in [0.4, 0.5) is 0 Å². The standard InChI is InChI=1S/C18H30N2O/c1-3-18(2,14-19-17-9-10-17)15-20(11-12-21)13-16-7-5-4-6-8-16/h4-8,17,19,21H,3,9-15H2,1-2H3. The van der Waals surface area contributed by atoms with Crippen LogP contribution in [0.15, 0.2) is 30.3 Å². The van der Waals surface area contributed by atoms with Crippen LogP contribution in [0.3, 0.4) is 0 Å². The maximum absolute atomic E-state index is 9.36. The number of nitrogens with zero attached hydrogens (tertiary/aromatic N) is 1. The van der Waals surface area contributed by atoms with Gasteiger partial charge in [0.1, 0.15) is 0 Å². The molecule has 0 spiro atoms. The molecule has 1 aliphatic rings. The summed E-state index contributed by atoms with van der Waals surface area (Å²) in [4.78, 5) is 2.38. The fourth-order valence-corrected chi connectivity index (χ4v) is 2.71. The van der Waals surface area contributed by atoms with Crippen molar-refractivity contribution in [3.8, 4) is 0 Å². The first-order valence-corrected chi connectivity index (χ1v) is 8.26. The number of aliphatic hydroxyl groups excluding tert-OH is 1. The molecule has 1 aromatic carbocycles. The molecule has 2 N–H and O–H groups in total. The van der Waals surface area contributed by atoms with Crippen molar-refractivity contribution in [3.63, 3.8) is 0 Å². The summed E-state index contributed by atoms with van der Waals surface area (Å²) in [5, 5.41) is 13.0. The molecule has 1 atom stereocenters. The van der Waals surface area contributed by atoms with E-state index >= 15 is 0 Å². The Bertz CT molecular complexity index is 405. The Balaban J connectivity index is 1.92. The van der Waals surface area contributed by atoms with E-state index in [9.17, 15) is 5.11 Å². The fourth-order valence-electron chi connectivity index (χ4n) is 2.71. The maximum Gasteiger partial charge on any atom is 0.0558 e. The molecule has 0 heterocycles. The van der Waals surface area contributed by atoms with Gasteiger partial charge < -0.3 is 10.4 Å². The van der Waals surface area contributed by atoms with E-state index in [0.717, 1.165) is 38.6 Å². The van der Waals surface area contributed by atoms with E-state index in [-0.39, 0.29) is 12.0 Å². The summed E-state index contributed by atoms with van der Waals surface area (Å²) in [7, 11) is 0. The number of rotatable bonds is 10. The van der Waals surface area contributed by atoms with Crippen LogP contribution in [0.25, 0.3) is 0 Å². The molecule has 1 unspecified atom stereocenters. The normalized spacial score (nSPS) is 17.9. The second-order valence-electron chi connectivity index (χ2n) is 6.74. The molecule has 1 fully saturated rings. The van der Waals surface area contributed by atoms with E-state index < -0.39 is 0 Å². The molecule has 0 amide bonds. The number of benzene rings is 1. The lowest BCUT2D eigenvalue weighted by Gasteiger charge is -2.35. The van der Waals surface area contributed by atoms with Crippen LogP contribution in [0.1, 0.15) is 38.7 Å². The second kappa shape index (κ2) is 7.92. The quantitative estimate of drug-likeness (QED) is 0.695. The molecule has 21 heavy (non-hydrogen) atoms. The zero-order valence-corrected chi connectivity index (χ0v) is 13.5. The lowest BCUT2D eigenvalue weighted by atomic mass is 9.86. The van der Waals surface area contributed by atoms with Crippen molar-refractivity contribution in [2.75, 3.05) is 26.2 Å². The average Bonchev–Trinajstić information content (AvgIpc) is 3.31. The van der Waals surface area contributed by atoms with Gasteiger partial charge in [-0.05, 0) is 30.2 Å². The minimum Gasteiger partial charge on any atom is -0.395 e. The van der Waals surface area contributed by atoms with Crippen LogP contribution in [0.5, 0.6) is 0 Å². The van der Waals surface area contributed by atoms with Crippen LogP contribution < -0.4 is 5.32 Å². The van der Waals surface area contributed by atoms with E-state index in [2.05, 4.69) is 54.4 Å². The molecule has 0 aromatic heterocycles. The van der Waals surface area contributed by atoms with Gasteiger partial charge in [-0.25, -0.2) is 0 Å². The molecule has 3 nitrogen and oxygen atoms in total. The summed E-state index contributed by atoms with van der Waals surface area (Å²) in [5.74, 6) is 0. The average molecular weight is 290 g/mol. The summed E-state index contributed by atoms with van der Waals surface area (Å²) in [6.45, 7) is 8.62. The lowest BCUT2D eigenvalue weighted by Crippen LogP contribution is -2.43. The van der Waals surface area contributed by atoms with Gasteiger partial charge in [0.05, 0.1) is 6.61 Å². The monoisotopic (exact) mass is 290 g/mol. The summed E-state index contributed by atoms with van der Waals surface area (Å²) in [6, 6.07) is 11.3. The Morgan fingerprint density at radius 1 is 1.29 bits per heavy atom. The molecular formula is C18H30N2O. The summed E-state index contributed by atoms with van der Waals surface area (Å²) < 4.78 is 0. The first-order chi connectivity index (χ1) is 10.1. The Hall–Kier alpha value is -0.900. The first kappa shape index (κ1) is 16.5. The van der Waals surface area contributed by atoms with Gasteiger partial charge in [0.2, 0.25) is 0 Å². The highest BCUT2D eigenvalue weighted by Crippen LogP contribution is 2.26. The minimum absolute atomic E-state index is 0.225. The third-order valence-corrected chi connectivity index (χ3v) is 4.52. The zero-order chi connectivity index (χ0) is 15.1. The largest absolute Gasteiger partial charge is 0.395 e. The molecule has 0 saturated heterocycles. The predicted octanol–water partition coefficient (Wildman–Crippen LogP) is 2.65. The third-order valence-electron chi connectivity index (χ3n) is 4.52. The minimum atomic E-state index is 0.225. The highest BCUT2D eigenvalue weighted by atomic mass is 16.3. The van der Waals surface area contributed by atoms with Gasteiger partial charge >= 0.3 is 0 Å². The molecule has 1 aliphatic carbocycles. The van der Waals surface area contributed by atoms with E-state index in [0.29, 0.717) is 0 Å². The summed E-state index contributed by atoms with van der Waals surface area (Å²) >= 11 is 0. The van der Waals surface area contributed by atoms with Crippen molar-refractivity contribution in [3.05, 3.63) is 35.9 Å². The first-order valence-electron chi connectivity index (χ1n) is 8.26. The van der Waals surface area contributed by atoms with E-state index in [1.807, 2.05) is 0 Å². The summed E-state index contributed by atoms with van der Waals surface area (Å²) in [6.07, 6.45) is 3.83. The third kappa shape index (κ3) is 5.77. The number of aliphatic hydroxyl groups is 1. The van der Waals surface area contributed by atoms with Crippen molar-refractivity contribution >= 4 is 0 Å². The molecule has 0 aliphatic heterocycles. The molecule has 118 valence electrons. The Labute approximate surface area is 129 Å². The van der Waals surface area contributed by atoms with Crippen LogP contribution >= 0.6 is 0 Å². The maximum atomic E-state index is 9.36. The SMILES string of the molecule is CCC(C)(CNC1CC1)CN(CCO)Cc1ccccc1. The molecule has 1 aromatic rings. The van der Waals surface area contributed by atoms with Crippen LogP contribution in [-0.2, 0) is 6.54 Å². The van der Waals surface area contributed by atoms with Crippen molar-refractivity contribution in [2.24, 2.45) is 5.41 Å². The Morgan fingerprint density at radius 3 is 2.57 bits per heavy atom. The van der Waals surface area contributed by atoms with Gasteiger partial charge in [0.15, 0.2) is 0 Å². The smallest absolute Gasteiger partial charge is 0.0558 e. The molecule has 1 saturated carbocycles. The van der Waals surface area contributed by atoms with E-state index in [1.165, 1.54) is 18.4 Å². The zero-order valence-electron chi connectivity index (χ0n) is 13.5. The fraction of sp³-hybridized carbons (Fsp3) is 0.667. The van der Waals surface area contributed by atoms with Gasteiger partial charge in [-0.2, -0.15) is 0 Å². The number of hydrogen-bond donors (Lipinski definition) is 2.